The third kappa shape index (κ3) is 3.09. The van der Waals surface area contributed by atoms with Crippen LogP contribution >= 0.6 is 0 Å². The molecular weight excluding hydrogens is 228 g/mol. The molecule has 1 amide bonds. The zero-order valence-corrected chi connectivity index (χ0v) is 10.6. The summed E-state index contributed by atoms with van der Waals surface area (Å²) < 4.78 is 0. The van der Waals surface area contributed by atoms with Crippen molar-refractivity contribution in [2.24, 2.45) is 11.8 Å². The maximum atomic E-state index is 11.9. The molecule has 1 aromatic rings. The van der Waals surface area contributed by atoms with Gasteiger partial charge in [-0.25, -0.2) is 0 Å². The standard InChI is InChI=1S/C14H20N2O2/c1-10(13-7-15-8-13)14(18)16-6-11-2-4-12(9-17)5-3-11/h2-5,10,13,15,17H,6-9H2,1H3,(H,16,18). The number of hydrogen-bond acceptors (Lipinski definition) is 3. The second kappa shape index (κ2) is 5.98. The first-order valence-electron chi connectivity index (χ1n) is 6.38. The monoisotopic (exact) mass is 248 g/mol. The van der Waals surface area contributed by atoms with Gasteiger partial charge in [0, 0.05) is 12.5 Å². The van der Waals surface area contributed by atoms with E-state index in [-0.39, 0.29) is 18.4 Å². The van der Waals surface area contributed by atoms with Crippen molar-refractivity contribution in [1.82, 2.24) is 10.6 Å². The predicted molar refractivity (Wildman–Crippen MR) is 69.7 cm³/mol. The molecule has 4 heteroatoms. The van der Waals surface area contributed by atoms with Crippen molar-refractivity contribution in [1.29, 1.82) is 0 Å². The van der Waals surface area contributed by atoms with Gasteiger partial charge >= 0.3 is 0 Å². The van der Waals surface area contributed by atoms with Crippen LogP contribution in [0.25, 0.3) is 0 Å². The number of carbonyl (C=O) groups is 1. The molecular formula is C14H20N2O2. The minimum atomic E-state index is 0.0539. The van der Waals surface area contributed by atoms with Crippen LogP contribution in [-0.2, 0) is 17.9 Å². The maximum Gasteiger partial charge on any atom is 0.223 e. The van der Waals surface area contributed by atoms with E-state index >= 15 is 0 Å². The molecule has 1 atom stereocenters. The molecule has 1 aliphatic rings. The van der Waals surface area contributed by atoms with Crippen LogP contribution in [0.5, 0.6) is 0 Å². The summed E-state index contributed by atoms with van der Waals surface area (Å²) in [6, 6.07) is 7.62. The van der Waals surface area contributed by atoms with Crippen molar-refractivity contribution in [2.45, 2.75) is 20.1 Å². The van der Waals surface area contributed by atoms with Gasteiger partial charge in [0.1, 0.15) is 0 Å². The number of benzene rings is 1. The minimum absolute atomic E-state index is 0.0539. The van der Waals surface area contributed by atoms with Crippen LogP contribution in [0.2, 0.25) is 0 Å². The van der Waals surface area contributed by atoms with Crippen LogP contribution in [-0.4, -0.2) is 24.1 Å². The molecule has 0 saturated carbocycles. The van der Waals surface area contributed by atoms with E-state index in [2.05, 4.69) is 10.6 Å². The molecule has 18 heavy (non-hydrogen) atoms. The summed E-state index contributed by atoms with van der Waals surface area (Å²) in [5, 5.41) is 15.1. The molecule has 98 valence electrons. The van der Waals surface area contributed by atoms with Crippen LogP contribution in [0.15, 0.2) is 24.3 Å². The van der Waals surface area contributed by atoms with E-state index in [1.54, 1.807) is 0 Å². The Balaban J connectivity index is 1.80. The van der Waals surface area contributed by atoms with Crippen LogP contribution in [0.3, 0.4) is 0 Å². The molecule has 4 nitrogen and oxygen atoms in total. The second-order valence-corrected chi connectivity index (χ2v) is 4.90. The SMILES string of the molecule is CC(C(=O)NCc1ccc(CO)cc1)C1CNC1. The third-order valence-corrected chi connectivity index (χ3v) is 3.61. The van der Waals surface area contributed by atoms with E-state index in [1.165, 1.54) is 0 Å². The van der Waals surface area contributed by atoms with Crippen molar-refractivity contribution in [3.05, 3.63) is 35.4 Å². The average molecular weight is 248 g/mol. The van der Waals surface area contributed by atoms with E-state index in [0.29, 0.717) is 12.5 Å². The first kappa shape index (κ1) is 13.1. The number of hydrogen-bond donors (Lipinski definition) is 3. The van der Waals surface area contributed by atoms with Crippen LogP contribution in [0, 0.1) is 11.8 Å². The van der Waals surface area contributed by atoms with Crippen molar-refractivity contribution in [3.8, 4) is 0 Å². The largest absolute Gasteiger partial charge is 0.392 e. The first-order chi connectivity index (χ1) is 8.70. The van der Waals surface area contributed by atoms with Crippen molar-refractivity contribution in [2.75, 3.05) is 13.1 Å². The number of aliphatic hydroxyl groups excluding tert-OH is 1. The van der Waals surface area contributed by atoms with Crippen molar-refractivity contribution in [3.63, 3.8) is 0 Å². The molecule has 0 spiro atoms. The molecule has 0 aliphatic carbocycles. The normalized spacial score (nSPS) is 17.0. The highest BCUT2D eigenvalue weighted by molar-refractivity contribution is 5.78. The Morgan fingerprint density at radius 1 is 1.39 bits per heavy atom. The number of amides is 1. The van der Waals surface area contributed by atoms with Gasteiger partial charge in [0.05, 0.1) is 6.61 Å². The molecule has 3 N–H and O–H groups in total. The van der Waals surface area contributed by atoms with Crippen LogP contribution in [0.1, 0.15) is 18.1 Å². The molecule has 1 saturated heterocycles. The van der Waals surface area contributed by atoms with Crippen LogP contribution < -0.4 is 10.6 Å². The number of nitrogens with one attached hydrogen (secondary N) is 2. The molecule has 0 radical (unpaired) electrons. The first-order valence-corrected chi connectivity index (χ1v) is 6.38. The van der Waals surface area contributed by atoms with E-state index in [9.17, 15) is 4.79 Å². The summed E-state index contributed by atoms with van der Waals surface area (Å²) in [7, 11) is 0. The summed E-state index contributed by atoms with van der Waals surface area (Å²) >= 11 is 0. The van der Waals surface area contributed by atoms with Gasteiger partial charge in [0.15, 0.2) is 0 Å². The van der Waals surface area contributed by atoms with Crippen LogP contribution in [0.4, 0.5) is 0 Å². The molecule has 1 heterocycles. The Bertz CT molecular complexity index is 399. The van der Waals surface area contributed by atoms with Crippen molar-refractivity contribution < 1.29 is 9.90 Å². The molecule has 1 unspecified atom stereocenters. The van der Waals surface area contributed by atoms with E-state index in [1.807, 2.05) is 31.2 Å². The zero-order chi connectivity index (χ0) is 13.0. The van der Waals surface area contributed by atoms with Gasteiger partial charge in [-0.15, -0.1) is 0 Å². The molecule has 1 fully saturated rings. The molecule has 1 aliphatic heterocycles. The van der Waals surface area contributed by atoms with Gasteiger partial charge < -0.3 is 15.7 Å². The summed E-state index contributed by atoms with van der Waals surface area (Å²) in [5.74, 6) is 0.664. The topological polar surface area (TPSA) is 61.4 Å². The fourth-order valence-electron chi connectivity index (χ4n) is 1.99. The number of aliphatic hydroxyl groups is 1. The number of carbonyl (C=O) groups excluding carboxylic acids is 1. The maximum absolute atomic E-state index is 11.9. The fraction of sp³-hybridized carbons (Fsp3) is 0.500. The Morgan fingerprint density at radius 2 is 2.00 bits per heavy atom. The minimum Gasteiger partial charge on any atom is -0.392 e. The van der Waals surface area contributed by atoms with Crippen molar-refractivity contribution >= 4 is 5.91 Å². The van der Waals surface area contributed by atoms with Gasteiger partial charge in [-0.1, -0.05) is 31.2 Å². The Labute approximate surface area is 107 Å². The Hall–Kier alpha value is -1.39. The van der Waals surface area contributed by atoms with Gasteiger partial charge in [-0.3, -0.25) is 4.79 Å². The highest BCUT2D eigenvalue weighted by Crippen LogP contribution is 2.16. The van der Waals surface area contributed by atoms with E-state index in [4.69, 9.17) is 5.11 Å². The predicted octanol–water partition coefficient (Wildman–Crippen LogP) is 0.651. The lowest BCUT2D eigenvalue weighted by Gasteiger charge is -2.31. The second-order valence-electron chi connectivity index (χ2n) is 4.90. The highest BCUT2D eigenvalue weighted by atomic mass is 16.3. The van der Waals surface area contributed by atoms with Gasteiger partial charge in [-0.2, -0.15) is 0 Å². The number of rotatable bonds is 5. The Morgan fingerprint density at radius 3 is 2.50 bits per heavy atom. The fourth-order valence-corrected chi connectivity index (χ4v) is 1.99. The summed E-state index contributed by atoms with van der Waals surface area (Å²) in [6.45, 7) is 4.47. The molecule has 2 rings (SSSR count). The Kier molecular flexibility index (Phi) is 4.33. The van der Waals surface area contributed by atoms with Gasteiger partial charge in [0.25, 0.3) is 0 Å². The average Bonchev–Trinajstić information content (AvgIpc) is 2.34. The highest BCUT2D eigenvalue weighted by Gasteiger charge is 2.28. The molecule has 0 bridgehead atoms. The zero-order valence-electron chi connectivity index (χ0n) is 10.6. The smallest absolute Gasteiger partial charge is 0.223 e. The third-order valence-electron chi connectivity index (χ3n) is 3.61. The lowest BCUT2D eigenvalue weighted by Crippen LogP contribution is -2.49. The van der Waals surface area contributed by atoms with Gasteiger partial charge in [0.2, 0.25) is 5.91 Å². The molecule has 0 aromatic heterocycles. The molecule has 1 aromatic carbocycles. The summed E-state index contributed by atoms with van der Waals surface area (Å²) in [4.78, 5) is 11.9. The summed E-state index contributed by atoms with van der Waals surface area (Å²) in [6.07, 6.45) is 0. The van der Waals surface area contributed by atoms with E-state index in [0.717, 1.165) is 24.2 Å². The lowest BCUT2D eigenvalue weighted by atomic mass is 9.88. The quantitative estimate of drug-likeness (QED) is 0.717. The van der Waals surface area contributed by atoms with Gasteiger partial charge in [-0.05, 0) is 30.1 Å². The summed E-state index contributed by atoms with van der Waals surface area (Å²) in [5.41, 5.74) is 1.94. The lowest BCUT2D eigenvalue weighted by molar-refractivity contribution is -0.126. The van der Waals surface area contributed by atoms with E-state index < -0.39 is 0 Å².